The summed E-state index contributed by atoms with van der Waals surface area (Å²) in [5, 5.41) is 3.37. The van der Waals surface area contributed by atoms with Crippen LogP contribution in [0.25, 0.3) is 11.1 Å². The maximum Gasteiger partial charge on any atom is 0.119 e. The average molecular weight is 253 g/mol. The van der Waals surface area contributed by atoms with Crippen LogP contribution in [-0.2, 0) is 0 Å². The van der Waals surface area contributed by atoms with Crippen LogP contribution >= 0.6 is 0 Å². The Morgan fingerprint density at radius 1 is 0.895 bits per heavy atom. The molecule has 1 aliphatic rings. The lowest BCUT2D eigenvalue weighted by Crippen LogP contribution is -2.37. The van der Waals surface area contributed by atoms with Gasteiger partial charge in [-0.25, -0.2) is 0 Å². The van der Waals surface area contributed by atoms with E-state index in [1.807, 2.05) is 6.07 Å². The molecule has 1 N–H and O–H groups in total. The second-order valence-electron chi connectivity index (χ2n) is 4.98. The molecule has 0 unspecified atom stereocenters. The van der Waals surface area contributed by atoms with E-state index in [9.17, 15) is 0 Å². The quantitative estimate of drug-likeness (QED) is 0.904. The van der Waals surface area contributed by atoms with E-state index in [2.05, 4.69) is 53.8 Å². The van der Waals surface area contributed by atoms with Crippen LogP contribution in [0.3, 0.4) is 0 Å². The van der Waals surface area contributed by atoms with E-state index in [1.54, 1.807) is 0 Å². The number of ether oxygens (including phenoxy) is 1. The molecule has 1 fully saturated rings. The first-order valence-electron chi connectivity index (χ1n) is 6.95. The average Bonchev–Trinajstić information content (AvgIpc) is 2.50. The van der Waals surface area contributed by atoms with E-state index >= 15 is 0 Å². The SMILES string of the molecule is c1ccc(-c2ccc(O[C@H]3CCCNC3)cc2)cc1. The Morgan fingerprint density at radius 3 is 2.32 bits per heavy atom. The van der Waals surface area contributed by atoms with Crippen LogP contribution in [0.1, 0.15) is 12.8 Å². The summed E-state index contributed by atoms with van der Waals surface area (Å²) >= 11 is 0. The smallest absolute Gasteiger partial charge is 0.119 e. The molecule has 2 heteroatoms. The molecule has 0 aromatic heterocycles. The number of rotatable bonds is 3. The van der Waals surface area contributed by atoms with Crippen molar-refractivity contribution in [2.75, 3.05) is 13.1 Å². The van der Waals surface area contributed by atoms with Gasteiger partial charge in [0.15, 0.2) is 0 Å². The van der Waals surface area contributed by atoms with E-state index in [4.69, 9.17) is 4.74 Å². The van der Waals surface area contributed by atoms with Gasteiger partial charge in [0, 0.05) is 6.54 Å². The third-order valence-corrected chi connectivity index (χ3v) is 3.52. The molecule has 1 saturated heterocycles. The second-order valence-corrected chi connectivity index (χ2v) is 4.98. The lowest BCUT2D eigenvalue weighted by atomic mass is 10.1. The highest BCUT2D eigenvalue weighted by Crippen LogP contribution is 2.23. The van der Waals surface area contributed by atoms with Crippen molar-refractivity contribution in [2.45, 2.75) is 18.9 Å². The molecule has 1 heterocycles. The summed E-state index contributed by atoms with van der Waals surface area (Å²) < 4.78 is 5.98. The molecular weight excluding hydrogens is 234 g/mol. The molecule has 1 atom stereocenters. The highest BCUT2D eigenvalue weighted by atomic mass is 16.5. The van der Waals surface area contributed by atoms with Crippen LogP contribution in [0.4, 0.5) is 0 Å². The van der Waals surface area contributed by atoms with Crippen molar-refractivity contribution < 1.29 is 4.74 Å². The van der Waals surface area contributed by atoms with E-state index < -0.39 is 0 Å². The standard InChI is InChI=1S/C17H19NO/c1-2-5-14(6-3-1)15-8-10-16(11-9-15)19-17-7-4-12-18-13-17/h1-3,5-6,8-11,17-18H,4,7,12-13H2/t17-/m0/s1. The zero-order chi connectivity index (χ0) is 12.9. The molecule has 3 rings (SSSR count). The predicted molar refractivity (Wildman–Crippen MR) is 78.4 cm³/mol. The number of benzene rings is 2. The predicted octanol–water partition coefficient (Wildman–Crippen LogP) is 3.48. The third-order valence-electron chi connectivity index (χ3n) is 3.52. The minimum Gasteiger partial charge on any atom is -0.489 e. The van der Waals surface area contributed by atoms with Gasteiger partial charge in [0.1, 0.15) is 11.9 Å². The molecule has 2 aromatic rings. The fourth-order valence-electron chi connectivity index (χ4n) is 2.47. The van der Waals surface area contributed by atoms with Crippen LogP contribution in [0.5, 0.6) is 5.75 Å². The van der Waals surface area contributed by atoms with Gasteiger partial charge in [-0.3, -0.25) is 0 Å². The highest BCUT2D eigenvalue weighted by Gasteiger charge is 2.14. The molecule has 98 valence electrons. The Labute approximate surface area is 114 Å². The maximum absolute atomic E-state index is 5.98. The van der Waals surface area contributed by atoms with Gasteiger partial charge in [-0.15, -0.1) is 0 Å². The number of hydrogen-bond donors (Lipinski definition) is 1. The normalized spacial score (nSPS) is 19.1. The molecule has 19 heavy (non-hydrogen) atoms. The van der Waals surface area contributed by atoms with Crippen LogP contribution in [-0.4, -0.2) is 19.2 Å². The minimum absolute atomic E-state index is 0.316. The van der Waals surface area contributed by atoms with E-state index in [-0.39, 0.29) is 0 Å². The number of nitrogens with one attached hydrogen (secondary N) is 1. The molecule has 1 aliphatic heterocycles. The van der Waals surface area contributed by atoms with Gasteiger partial charge in [-0.1, -0.05) is 42.5 Å². The van der Waals surface area contributed by atoms with Crippen molar-refractivity contribution in [1.29, 1.82) is 0 Å². The Kier molecular flexibility index (Phi) is 3.80. The van der Waals surface area contributed by atoms with Gasteiger partial charge in [-0.2, -0.15) is 0 Å². The summed E-state index contributed by atoms with van der Waals surface area (Å²) in [6, 6.07) is 18.8. The van der Waals surface area contributed by atoms with Gasteiger partial charge in [0.05, 0.1) is 0 Å². The summed E-state index contributed by atoms with van der Waals surface area (Å²) in [5.74, 6) is 0.966. The molecule has 2 nitrogen and oxygen atoms in total. The molecule has 0 aliphatic carbocycles. The Balaban J connectivity index is 1.68. The Bertz CT molecular complexity index is 501. The molecular formula is C17H19NO. The van der Waals surface area contributed by atoms with Gasteiger partial charge in [0.25, 0.3) is 0 Å². The first-order chi connectivity index (χ1) is 9.42. The largest absolute Gasteiger partial charge is 0.489 e. The van der Waals surface area contributed by atoms with Crippen molar-refractivity contribution in [3.63, 3.8) is 0 Å². The summed E-state index contributed by atoms with van der Waals surface area (Å²) in [6.07, 6.45) is 2.66. The summed E-state index contributed by atoms with van der Waals surface area (Å²) in [6.45, 7) is 2.08. The van der Waals surface area contributed by atoms with Gasteiger partial charge in [0.2, 0.25) is 0 Å². The zero-order valence-corrected chi connectivity index (χ0v) is 11.0. The molecule has 0 saturated carbocycles. The molecule has 0 bridgehead atoms. The van der Waals surface area contributed by atoms with Crippen molar-refractivity contribution in [1.82, 2.24) is 5.32 Å². The van der Waals surface area contributed by atoms with E-state index in [0.717, 1.165) is 25.3 Å². The van der Waals surface area contributed by atoms with Crippen LogP contribution < -0.4 is 10.1 Å². The fourth-order valence-corrected chi connectivity index (χ4v) is 2.47. The minimum atomic E-state index is 0.316. The van der Waals surface area contributed by atoms with Crippen LogP contribution in [0, 0.1) is 0 Å². The summed E-state index contributed by atoms with van der Waals surface area (Å²) in [4.78, 5) is 0. The third kappa shape index (κ3) is 3.15. The number of piperidine rings is 1. The fraction of sp³-hybridized carbons (Fsp3) is 0.294. The summed E-state index contributed by atoms with van der Waals surface area (Å²) in [5.41, 5.74) is 2.48. The van der Waals surface area contributed by atoms with Crippen LogP contribution in [0.15, 0.2) is 54.6 Å². The van der Waals surface area contributed by atoms with Crippen LogP contribution in [0.2, 0.25) is 0 Å². The second kappa shape index (κ2) is 5.89. The van der Waals surface area contributed by atoms with Gasteiger partial charge < -0.3 is 10.1 Å². The van der Waals surface area contributed by atoms with Gasteiger partial charge in [-0.05, 0) is 42.6 Å². The lowest BCUT2D eigenvalue weighted by Gasteiger charge is -2.24. The van der Waals surface area contributed by atoms with Crippen molar-refractivity contribution in [3.05, 3.63) is 54.6 Å². The molecule has 2 aromatic carbocycles. The topological polar surface area (TPSA) is 21.3 Å². The summed E-state index contributed by atoms with van der Waals surface area (Å²) in [7, 11) is 0. The monoisotopic (exact) mass is 253 g/mol. The maximum atomic E-state index is 5.98. The molecule has 0 amide bonds. The van der Waals surface area contributed by atoms with Crippen molar-refractivity contribution in [2.24, 2.45) is 0 Å². The Morgan fingerprint density at radius 2 is 1.63 bits per heavy atom. The van der Waals surface area contributed by atoms with Gasteiger partial charge >= 0.3 is 0 Å². The first-order valence-corrected chi connectivity index (χ1v) is 6.95. The van der Waals surface area contributed by atoms with Crippen molar-refractivity contribution in [3.8, 4) is 16.9 Å². The molecule has 0 radical (unpaired) electrons. The van der Waals surface area contributed by atoms with E-state index in [0.29, 0.717) is 6.10 Å². The highest BCUT2D eigenvalue weighted by molar-refractivity contribution is 5.63. The lowest BCUT2D eigenvalue weighted by molar-refractivity contribution is 0.167. The van der Waals surface area contributed by atoms with E-state index in [1.165, 1.54) is 17.5 Å². The zero-order valence-electron chi connectivity index (χ0n) is 11.0. The Hall–Kier alpha value is -1.80. The number of hydrogen-bond acceptors (Lipinski definition) is 2. The first kappa shape index (κ1) is 12.2. The van der Waals surface area contributed by atoms with Crippen molar-refractivity contribution >= 4 is 0 Å². The molecule has 0 spiro atoms.